The Labute approximate surface area is 346 Å². The van der Waals surface area contributed by atoms with Gasteiger partial charge in [-0.15, -0.1) is 47.5 Å². The summed E-state index contributed by atoms with van der Waals surface area (Å²) in [5.41, 5.74) is 9.00. The summed E-state index contributed by atoms with van der Waals surface area (Å²) in [4.78, 5) is 9.18. The van der Waals surface area contributed by atoms with Crippen LogP contribution >= 0.6 is 0 Å². The zero-order valence-corrected chi connectivity index (χ0v) is 34.4. The molecule has 0 saturated heterocycles. The number of hydrogen-bond donors (Lipinski definition) is 0. The predicted octanol–water partition coefficient (Wildman–Crippen LogP) is 13.2. The Balaban J connectivity index is 0.000000163. The van der Waals surface area contributed by atoms with Gasteiger partial charge in [0.15, 0.2) is 0 Å². The van der Waals surface area contributed by atoms with Crippen LogP contribution in [0.15, 0.2) is 161 Å². The molecule has 7 heteroatoms. The summed E-state index contributed by atoms with van der Waals surface area (Å²) in [6, 6.07) is 50.1. The second-order valence-electron chi connectivity index (χ2n) is 14.3. The molecule has 6 nitrogen and oxygen atoms in total. The topological polar surface area (TPSA) is 61.9 Å². The average molecular weight is 923 g/mol. The standard InChI is InChI=1S/C29H29N2O.C21H13N2O.Ir/c1-3-7-21(4-2)10-11-22-12-15-24(16-13-22)31-19-18-30-29(31)23-14-17-28-26(20-23)25-8-5-6-9-27(25)32-28;1-2-6-16(7-3-1)23-13-12-22-21(23)15-10-11-20-18(14-15)17-8-4-5-9-19(17)24-20;/h5-6,8-9,12-13,15-21H,3-4,7,10-11H2,1-2H3;1-9,11-14H;/q2*-1;. The third-order valence-corrected chi connectivity index (χ3v) is 10.7. The molecule has 6 aromatic carbocycles. The minimum absolute atomic E-state index is 0. The van der Waals surface area contributed by atoms with Crippen LogP contribution in [-0.4, -0.2) is 19.1 Å². The molecule has 0 aliphatic rings. The van der Waals surface area contributed by atoms with Crippen LogP contribution in [0.25, 0.3) is 78.0 Å². The molecule has 1 unspecified atom stereocenters. The maximum atomic E-state index is 5.96. The van der Waals surface area contributed by atoms with Gasteiger partial charge in [0.25, 0.3) is 0 Å². The van der Waals surface area contributed by atoms with Gasteiger partial charge in [0.1, 0.15) is 11.2 Å². The van der Waals surface area contributed by atoms with Crippen LogP contribution in [0.2, 0.25) is 0 Å². The van der Waals surface area contributed by atoms with Crippen molar-refractivity contribution in [2.45, 2.75) is 46.0 Å². The van der Waals surface area contributed by atoms with Crippen molar-refractivity contribution in [3.63, 3.8) is 0 Å². The summed E-state index contributed by atoms with van der Waals surface area (Å²) in [7, 11) is 0. The van der Waals surface area contributed by atoms with Crippen LogP contribution in [-0.2, 0) is 26.5 Å². The Bertz CT molecular complexity index is 2880. The quantitative estimate of drug-likeness (QED) is 0.128. The molecule has 10 aromatic rings. The van der Waals surface area contributed by atoms with Gasteiger partial charge in [0.05, 0.1) is 22.8 Å². The van der Waals surface area contributed by atoms with Crippen molar-refractivity contribution in [3.05, 3.63) is 170 Å². The first-order valence-electron chi connectivity index (χ1n) is 19.5. The summed E-state index contributed by atoms with van der Waals surface area (Å²) in [6.07, 6.45) is 14.0. The molecule has 1 atom stereocenters. The second-order valence-corrected chi connectivity index (χ2v) is 14.3. The molecule has 0 N–H and O–H groups in total. The van der Waals surface area contributed by atoms with E-state index in [1.807, 2.05) is 91.5 Å². The molecular formula is C50H42IrN4O2-2. The van der Waals surface area contributed by atoms with E-state index in [0.29, 0.717) is 0 Å². The maximum absolute atomic E-state index is 5.96. The van der Waals surface area contributed by atoms with E-state index >= 15 is 0 Å². The molecule has 0 aliphatic heterocycles. The van der Waals surface area contributed by atoms with Gasteiger partial charge >= 0.3 is 0 Å². The summed E-state index contributed by atoms with van der Waals surface area (Å²) in [5.74, 6) is 2.59. The number of hydrogen-bond acceptors (Lipinski definition) is 4. The van der Waals surface area contributed by atoms with Crippen LogP contribution < -0.4 is 0 Å². The molecule has 1 radical (unpaired) electrons. The monoisotopic (exact) mass is 923 g/mol. The van der Waals surface area contributed by atoms with Crippen molar-refractivity contribution in [3.8, 4) is 34.2 Å². The Morgan fingerprint density at radius 2 is 1.07 bits per heavy atom. The number of aryl methyl sites for hydroxylation is 1. The number of benzene rings is 6. The zero-order chi connectivity index (χ0) is 37.8. The van der Waals surface area contributed by atoms with E-state index in [1.54, 1.807) is 0 Å². The van der Waals surface area contributed by atoms with Crippen molar-refractivity contribution in [2.24, 2.45) is 5.92 Å². The number of para-hydroxylation sites is 3. The molecule has 0 spiro atoms. The molecule has 4 aromatic heterocycles. The van der Waals surface area contributed by atoms with Gasteiger partial charge in [0, 0.05) is 67.0 Å². The van der Waals surface area contributed by atoms with Crippen molar-refractivity contribution in [1.82, 2.24) is 19.1 Å². The van der Waals surface area contributed by atoms with E-state index in [0.717, 1.165) is 90.4 Å². The number of aromatic nitrogens is 4. The molecule has 0 aliphatic carbocycles. The van der Waals surface area contributed by atoms with E-state index in [-0.39, 0.29) is 20.1 Å². The Hall–Kier alpha value is -6.01. The number of imidazole rings is 2. The van der Waals surface area contributed by atoms with E-state index in [2.05, 4.69) is 106 Å². The first-order chi connectivity index (χ1) is 27.7. The zero-order valence-electron chi connectivity index (χ0n) is 32.0. The van der Waals surface area contributed by atoms with Crippen LogP contribution in [0.3, 0.4) is 0 Å². The normalized spacial score (nSPS) is 11.8. The first kappa shape index (κ1) is 37.9. The molecule has 0 saturated carbocycles. The molecule has 285 valence electrons. The fourth-order valence-corrected chi connectivity index (χ4v) is 7.76. The van der Waals surface area contributed by atoms with Gasteiger partial charge in [-0.25, -0.2) is 0 Å². The molecule has 4 heterocycles. The maximum Gasteiger partial charge on any atom is 0.120 e. The molecule has 57 heavy (non-hydrogen) atoms. The number of rotatable bonds is 10. The number of nitrogens with zero attached hydrogens (tertiary/aromatic N) is 4. The summed E-state index contributed by atoms with van der Waals surface area (Å²) in [6.45, 7) is 4.59. The van der Waals surface area contributed by atoms with Crippen LogP contribution in [0.1, 0.15) is 45.1 Å². The summed E-state index contributed by atoms with van der Waals surface area (Å²) >= 11 is 0. The van der Waals surface area contributed by atoms with Crippen molar-refractivity contribution < 1.29 is 28.9 Å². The Morgan fingerprint density at radius 3 is 1.60 bits per heavy atom. The molecular weight excluding hydrogens is 881 g/mol. The Morgan fingerprint density at radius 1 is 0.561 bits per heavy atom. The minimum atomic E-state index is 0. The van der Waals surface area contributed by atoms with Crippen LogP contribution in [0.4, 0.5) is 0 Å². The van der Waals surface area contributed by atoms with Gasteiger partial charge in [0.2, 0.25) is 0 Å². The average Bonchev–Trinajstić information content (AvgIpc) is 4.08. The van der Waals surface area contributed by atoms with E-state index < -0.39 is 0 Å². The van der Waals surface area contributed by atoms with Crippen molar-refractivity contribution in [2.75, 3.05) is 0 Å². The fraction of sp³-hybridized carbons (Fsp3) is 0.160. The molecule has 0 fully saturated rings. The van der Waals surface area contributed by atoms with E-state index in [1.165, 1.54) is 31.2 Å². The second kappa shape index (κ2) is 17.0. The predicted molar refractivity (Wildman–Crippen MR) is 227 cm³/mol. The Kier molecular flexibility index (Phi) is 11.3. The molecule has 0 bridgehead atoms. The van der Waals surface area contributed by atoms with Gasteiger partial charge in [-0.2, -0.15) is 0 Å². The smallest absolute Gasteiger partial charge is 0.120 e. The summed E-state index contributed by atoms with van der Waals surface area (Å²) in [5, 5.41) is 4.41. The third kappa shape index (κ3) is 7.74. The fourth-order valence-electron chi connectivity index (χ4n) is 7.76. The number of furan rings is 2. The van der Waals surface area contributed by atoms with Crippen LogP contribution in [0, 0.1) is 18.1 Å². The van der Waals surface area contributed by atoms with Gasteiger partial charge in [-0.3, -0.25) is 9.97 Å². The van der Waals surface area contributed by atoms with Gasteiger partial charge in [-0.05, 0) is 60.7 Å². The molecule has 10 rings (SSSR count). The van der Waals surface area contributed by atoms with Crippen molar-refractivity contribution >= 4 is 43.9 Å². The summed E-state index contributed by atoms with van der Waals surface area (Å²) < 4.78 is 16.0. The van der Waals surface area contributed by atoms with E-state index in [4.69, 9.17) is 8.83 Å². The minimum Gasteiger partial charge on any atom is -0.500 e. The first-order valence-corrected chi connectivity index (χ1v) is 19.5. The number of fused-ring (bicyclic) bond motifs is 6. The van der Waals surface area contributed by atoms with E-state index in [9.17, 15) is 0 Å². The third-order valence-electron chi connectivity index (χ3n) is 10.7. The van der Waals surface area contributed by atoms with Gasteiger partial charge < -0.3 is 18.0 Å². The largest absolute Gasteiger partial charge is 0.500 e. The van der Waals surface area contributed by atoms with Crippen LogP contribution in [0.5, 0.6) is 0 Å². The van der Waals surface area contributed by atoms with Crippen molar-refractivity contribution in [1.29, 1.82) is 0 Å². The van der Waals surface area contributed by atoms with Gasteiger partial charge in [-0.1, -0.05) is 111 Å². The molecule has 0 amide bonds. The SMILES string of the molecule is CCCC(CC)CCc1ccc(-n2ccnc2-c2[c-]cc3oc4ccccc4c3c2)cc1.[Ir].[c-]1cc2oc3ccccc3c2cc1-c1nccn1-c1ccccc1.